The lowest BCUT2D eigenvalue weighted by Gasteiger charge is -1.59. The Morgan fingerprint density at radius 2 is 0.818 bits per heavy atom. The van der Waals surface area contributed by atoms with Gasteiger partial charge in [0.05, 0.1) is 0 Å². The molecule has 0 saturated carbocycles. The Morgan fingerprint density at radius 1 is 0.818 bits per heavy atom. The molecule has 0 spiro atoms. The van der Waals surface area contributed by atoms with Crippen molar-refractivity contribution in [1.29, 1.82) is 0 Å². The van der Waals surface area contributed by atoms with E-state index in [1.807, 2.05) is 0 Å². The van der Waals surface area contributed by atoms with Crippen LogP contribution in [0.25, 0.3) is 0 Å². The van der Waals surface area contributed by atoms with Crippen LogP contribution in [0.15, 0.2) is 0 Å². The van der Waals surface area contributed by atoms with Crippen LogP contribution in [0.4, 0.5) is 0 Å². The van der Waals surface area contributed by atoms with Crippen LogP contribution in [0.1, 0.15) is 6.92 Å². The highest BCUT2D eigenvalue weighted by Crippen LogP contribution is 1.42. The molecule has 0 aromatic carbocycles. The van der Waals surface area contributed by atoms with Crippen molar-refractivity contribution in [3.63, 3.8) is 0 Å². The maximum atomic E-state index is 9.00. The Balaban J connectivity index is -0.00000000214. The number of carboxylic acid groups (broad SMARTS) is 1. The van der Waals surface area contributed by atoms with Gasteiger partial charge in [0.25, 0.3) is 5.97 Å². The predicted molar refractivity (Wildman–Crippen MR) is 48.5 cm³/mol. The zero-order valence-corrected chi connectivity index (χ0v) is 7.31. The quantitative estimate of drug-likeness (QED) is 0.264. The zero-order valence-electron chi connectivity index (χ0n) is 7.31. The summed E-state index contributed by atoms with van der Waals surface area (Å²) in [5, 5.41) is 7.42. The first-order valence-corrected chi connectivity index (χ1v) is 0.928. The van der Waals surface area contributed by atoms with Crippen molar-refractivity contribution in [2.24, 2.45) is 0 Å². The summed E-state index contributed by atoms with van der Waals surface area (Å²) in [6, 6.07) is 0. The van der Waals surface area contributed by atoms with Gasteiger partial charge >= 0.3 is 0 Å². The van der Waals surface area contributed by atoms with Gasteiger partial charge in [-0.05, 0) is 0 Å². The molecular formula is C2H25N7O2. The Hall–Kier alpha value is -0.810. The van der Waals surface area contributed by atoms with Crippen molar-refractivity contribution >= 4 is 5.97 Å². The average Bonchev–Trinajstić information content (AvgIpc) is 0.811. The largest absolute Gasteiger partial charge is 0.481 e. The molecule has 0 amide bonds. The minimum Gasteiger partial charge on any atom is -0.481 e. The van der Waals surface area contributed by atoms with Gasteiger partial charge in [-0.1, -0.05) is 0 Å². The van der Waals surface area contributed by atoms with E-state index in [4.69, 9.17) is 9.90 Å². The molecule has 0 rings (SSSR count). The zero-order chi connectivity index (χ0) is 3.58. The molecule has 22 N–H and O–H groups in total. The van der Waals surface area contributed by atoms with Gasteiger partial charge in [0.15, 0.2) is 0 Å². The van der Waals surface area contributed by atoms with Crippen LogP contribution in [0.2, 0.25) is 0 Å². The maximum Gasteiger partial charge on any atom is 0.300 e. The molecule has 0 unspecified atom stereocenters. The lowest BCUT2D eigenvalue weighted by molar-refractivity contribution is -0.134. The van der Waals surface area contributed by atoms with Crippen LogP contribution in [0, 0.1) is 0 Å². The van der Waals surface area contributed by atoms with E-state index >= 15 is 0 Å². The van der Waals surface area contributed by atoms with Gasteiger partial charge < -0.3 is 48.2 Å². The SMILES string of the molecule is CC(=O)O.N.N.N.N.N.N.N. The molecule has 9 heteroatoms. The fraction of sp³-hybridized carbons (Fsp3) is 0.500. The minimum absolute atomic E-state index is 0. The molecule has 0 aromatic heterocycles. The molecule has 0 aliphatic carbocycles. The molecule has 0 fully saturated rings. The fourth-order valence-corrected chi connectivity index (χ4v) is 0. The fourth-order valence-electron chi connectivity index (χ4n) is 0. The van der Waals surface area contributed by atoms with Crippen molar-refractivity contribution in [2.75, 3.05) is 0 Å². The van der Waals surface area contributed by atoms with Crippen LogP contribution >= 0.6 is 0 Å². The molecule has 11 heavy (non-hydrogen) atoms. The summed E-state index contributed by atoms with van der Waals surface area (Å²) >= 11 is 0. The molecule has 80 valence electrons. The summed E-state index contributed by atoms with van der Waals surface area (Å²) in [6.45, 7) is 1.08. The molecule has 0 heterocycles. The summed E-state index contributed by atoms with van der Waals surface area (Å²) in [5.41, 5.74) is 0. The molecule has 0 aromatic rings. The Morgan fingerprint density at radius 3 is 0.818 bits per heavy atom. The normalized spacial score (nSPS) is 2.27. The van der Waals surface area contributed by atoms with E-state index in [2.05, 4.69) is 0 Å². The Bertz CT molecular complexity index is 37.4. The van der Waals surface area contributed by atoms with Crippen molar-refractivity contribution in [3.8, 4) is 0 Å². The van der Waals surface area contributed by atoms with Crippen molar-refractivity contribution in [2.45, 2.75) is 6.92 Å². The topological polar surface area (TPSA) is 282 Å². The average molecular weight is 179 g/mol. The highest BCUT2D eigenvalue weighted by Gasteiger charge is 1.65. The second-order valence-electron chi connectivity index (χ2n) is 0.519. The summed E-state index contributed by atoms with van der Waals surface area (Å²) in [7, 11) is 0. The van der Waals surface area contributed by atoms with E-state index in [1.54, 1.807) is 0 Å². The molecule has 0 aliphatic heterocycles. The number of rotatable bonds is 0. The first kappa shape index (κ1) is 179. The van der Waals surface area contributed by atoms with E-state index in [-0.39, 0.29) is 43.1 Å². The van der Waals surface area contributed by atoms with E-state index in [9.17, 15) is 0 Å². The van der Waals surface area contributed by atoms with Crippen molar-refractivity contribution in [1.82, 2.24) is 43.1 Å². The number of carboxylic acids is 1. The van der Waals surface area contributed by atoms with E-state index in [0.29, 0.717) is 0 Å². The van der Waals surface area contributed by atoms with Crippen LogP contribution in [0.3, 0.4) is 0 Å². The highest BCUT2D eigenvalue weighted by molar-refractivity contribution is 5.62. The lowest BCUT2D eigenvalue weighted by Crippen LogP contribution is -1.78. The van der Waals surface area contributed by atoms with E-state index in [0.717, 1.165) is 6.92 Å². The Labute approximate surface area is 67.0 Å². The van der Waals surface area contributed by atoms with Crippen LogP contribution in [-0.2, 0) is 4.79 Å². The maximum absolute atomic E-state index is 9.00. The predicted octanol–water partition coefficient (Wildman–Crippen LogP) is 1.22. The van der Waals surface area contributed by atoms with Gasteiger partial charge in [-0.25, -0.2) is 0 Å². The van der Waals surface area contributed by atoms with Gasteiger partial charge in [-0.15, -0.1) is 0 Å². The van der Waals surface area contributed by atoms with Gasteiger partial charge in [0.2, 0.25) is 0 Å². The molecule has 0 aliphatic rings. The third-order valence-corrected chi connectivity index (χ3v) is 0. The number of carbonyl (C=O) groups is 1. The first-order valence-electron chi connectivity index (χ1n) is 0.928. The third kappa shape index (κ3) is 724. The van der Waals surface area contributed by atoms with Gasteiger partial charge in [-0.3, -0.25) is 4.79 Å². The van der Waals surface area contributed by atoms with Crippen LogP contribution in [0.5, 0.6) is 0 Å². The molecule has 0 saturated heterocycles. The Kier molecular flexibility index (Phi) is 2100. The molecular weight excluding hydrogens is 154 g/mol. The molecule has 0 atom stereocenters. The summed E-state index contributed by atoms with van der Waals surface area (Å²) in [6.07, 6.45) is 0. The summed E-state index contributed by atoms with van der Waals surface area (Å²) in [5.74, 6) is -0.833. The van der Waals surface area contributed by atoms with Crippen LogP contribution in [-0.4, -0.2) is 11.1 Å². The smallest absolute Gasteiger partial charge is 0.300 e. The van der Waals surface area contributed by atoms with Crippen molar-refractivity contribution < 1.29 is 9.90 Å². The molecule has 9 nitrogen and oxygen atoms in total. The molecule has 0 bridgehead atoms. The standard InChI is InChI=1S/C2H4O2.7H3N/c1-2(3)4;;;;;;;/h1H3,(H,3,4);7*1H3. The van der Waals surface area contributed by atoms with E-state index < -0.39 is 5.97 Å². The monoisotopic (exact) mass is 179 g/mol. The number of hydrogen-bond acceptors (Lipinski definition) is 8. The molecule has 0 radical (unpaired) electrons. The van der Waals surface area contributed by atoms with Gasteiger partial charge in [-0.2, -0.15) is 0 Å². The minimum atomic E-state index is -0.833. The van der Waals surface area contributed by atoms with Gasteiger partial charge in [0.1, 0.15) is 0 Å². The summed E-state index contributed by atoms with van der Waals surface area (Å²) < 4.78 is 0. The highest BCUT2D eigenvalue weighted by atomic mass is 16.4. The van der Waals surface area contributed by atoms with Gasteiger partial charge in [0, 0.05) is 6.92 Å². The second kappa shape index (κ2) is 129. The van der Waals surface area contributed by atoms with Crippen molar-refractivity contribution in [3.05, 3.63) is 0 Å². The third-order valence-electron chi connectivity index (χ3n) is 0. The number of aliphatic carboxylic acids is 1. The first-order chi connectivity index (χ1) is 1.73. The number of hydrogen-bond donors (Lipinski definition) is 8. The lowest BCUT2D eigenvalue weighted by atomic mass is 10.9. The second-order valence-corrected chi connectivity index (χ2v) is 0.519. The van der Waals surface area contributed by atoms with Crippen LogP contribution < -0.4 is 43.1 Å². The summed E-state index contributed by atoms with van der Waals surface area (Å²) in [4.78, 5) is 9.00. The van der Waals surface area contributed by atoms with E-state index in [1.165, 1.54) is 0 Å².